The van der Waals surface area contributed by atoms with E-state index in [1.165, 1.54) is 18.5 Å². The van der Waals surface area contributed by atoms with Gasteiger partial charge >= 0.3 is 0 Å². The third-order valence-corrected chi connectivity index (χ3v) is 3.69. The van der Waals surface area contributed by atoms with Crippen molar-refractivity contribution in [2.75, 3.05) is 5.73 Å². The molecule has 0 saturated heterocycles. The lowest BCUT2D eigenvalue weighted by atomic mass is 10.0. The Kier molecular flexibility index (Phi) is 3.84. The molecule has 0 atom stereocenters. The van der Waals surface area contributed by atoms with Gasteiger partial charge in [0.1, 0.15) is 11.5 Å². The van der Waals surface area contributed by atoms with Gasteiger partial charge in [-0.25, -0.2) is 9.97 Å². The van der Waals surface area contributed by atoms with Crippen molar-refractivity contribution in [1.29, 1.82) is 0 Å². The molecule has 0 radical (unpaired) electrons. The molecule has 24 heavy (non-hydrogen) atoms. The lowest BCUT2D eigenvalue weighted by Gasteiger charge is -2.07. The molecule has 0 aliphatic rings. The minimum Gasteiger partial charge on any atom is -0.397 e. The summed E-state index contributed by atoms with van der Waals surface area (Å²) in [4.78, 5) is 31.8. The van der Waals surface area contributed by atoms with E-state index in [0.29, 0.717) is 28.1 Å². The second kappa shape index (κ2) is 5.84. The van der Waals surface area contributed by atoms with E-state index < -0.39 is 0 Å². The average molecular weight is 323 g/mol. The zero-order valence-electron chi connectivity index (χ0n) is 13.7. The van der Waals surface area contributed by atoms with Gasteiger partial charge in [-0.05, 0) is 31.5 Å². The zero-order chi connectivity index (χ0) is 17.4. The Balaban J connectivity index is 2.26. The van der Waals surface area contributed by atoms with Crippen LogP contribution in [0, 0.1) is 6.92 Å². The molecule has 0 fully saturated rings. The van der Waals surface area contributed by atoms with Crippen molar-refractivity contribution in [1.82, 2.24) is 19.7 Å². The molecule has 1 aromatic carbocycles. The SMILES string of the molecule is CC(=O)Cn1nc(C(C)=O)c2cc(-c3cnc(C)nc3)cc(N)c21. The van der Waals surface area contributed by atoms with Crippen LogP contribution in [-0.4, -0.2) is 31.3 Å². The number of aromatic nitrogens is 4. The Hall–Kier alpha value is -3.09. The van der Waals surface area contributed by atoms with E-state index in [0.717, 1.165) is 11.1 Å². The highest BCUT2D eigenvalue weighted by atomic mass is 16.1. The summed E-state index contributed by atoms with van der Waals surface area (Å²) in [5, 5.41) is 4.90. The molecular formula is C17H17N5O2. The Morgan fingerprint density at radius 2 is 1.79 bits per heavy atom. The predicted molar refractivity (Wildman–Crippen MR) is 90.6 cm³/mol. The van der Waals surface area contributed by atoms with Crippen LogP contribution in [-0.2, 0) is 11.3 Å². The molecule has 0 amide bonds. The topological polar surface area (TPSA) is 104 Å². The van der Waals surface area contributed by atoms with Gasteiger partial charge < -0.3 is 5.73 Å². The fraction of sp³-hybridized carbons (Fsp3) is 0.235. The molecule has 0 aliphatic carbocycles. The number of hydrogen-bond donors (Lipinski definition) is 1. The van der Waals surface area contributed by atoms with Crippen LogP contribution in [0.3, 0.4) is 0 Å². The number of carbonyl (C=O) groups excluding carboxylic acids is 2. The Labute approximate surface area is 138 Å². The van der Waals surface area contributed by atoms with Gasteiger partial charge in [-0.15, -0.1) is 0 Å². The van der Waals surface area contributed by atoms with Crippen LogP contribution >= 0.6 is 0 Å². The molecule has 7 nitrogen and oxygen atoms in total. The number of anilines is 1. The first-order valence-electron chi connectivity index (χ1n) is 7.46. The zero-order valence-corrected chi connectivity index (χ0v) is 13.7. The monoisotopic (exact) mass is 323 g/mol. The molecule has 2 N–H and O–H groups in total. The summed E-state index contributed by atoms with van der Waals surface area (Å²) < 4.78 is 1.49. The Morgan fingerprint density at radius 3 is 2.38 bits per heavy atom. The molecular weight excluding hydrogens is 306 g/mol. The summed E-state index contributed by atoms with van der Waals surface area (Å²) in [7, 11) is 0. The maximum atomic E-state index is 11.9. The second-order valence-electron chi connectivity index (χ2n) is 5.75. The van der Waals surface area contributed by atoms with E-state index in [1.54, 1.807) is 25.4 Å². The third kappa shape index (κ3) is 2.76. The summed E-state index contributed by atoms with van der Waals surface area (Å²) in [5.74, 6) is 0.426. The summed E-state index contributed by atoms with van der Waals surface area (Å²) in [6, 6.07) is 3.61. The van der Waals surface area contributed by atoms with Gasteiger partial charge in [0.05, 0.1) is 17.7 Å². The summed E-state index contributed by atoms with van der Waals surface area (Å²) >= 11 is 0. The van der Waals surface area contributed by atoms with Crippen LogP contribution in [0.1, 0.15) is 30.2 Å². The molecule has 0 spiro atoms. The van der Waals surface area contributed by atoms with Crippen LogP contribution in [0.2, 0.25) is 0 Å². The number of carbonyl (C=O) groups is 2. The minimum absolute atomic E-state index is 0.0649. The van der Waals surface area contributed by atoms with Crippen LogP contribution in [0.4, 0.5) is 5.69 Å². The van der Waals surface area contributed by atoms with E-state index in [1.807, 2.05) is 6.07 Å². The van der Waals surface area contributed by atoms with Gasteiger partial charge in [0.2, 0.25) is 0 Å². The predicted octanol–water partition coefficient (Wildman–Crippen LogP) is 2.18. The molecule has 7 heteroatoms. The van der Waals surface area contributed by atoms with Crippen molar-refractivity contribution < 1.29 is 9.59 Å². The van der Waals surface area contributed by atoms with E-state index in [-0.39, 0.29) is 18.1 Å². The van der Waals surface area contributed by atoms with E-state index >= 15 is 0 Å². The van der Waals surface area contributed by atoms with Crippen molar-refractivity contribution in [2.45, 2.75) is 27.3 Å². The van der Waals surface area contributed by atoms with Crippen molar-refractivity contribution >= 4 is 28.2 Å². The quantitative estimate of drug-likeness (QED) is 0.583. The normalized spacial score (nSPS) is 11.0. The number of benzene rings is 1. The largest absolute Gasteiger partial charge is 0.397 e. The fourth-order valence-corrected chi connectivity index (χ4v) is 2.64. The van der Waals surface area contributed by atoms with Gasteiger partial charge in [0.15, 0.2) is 11.6 Å². The van der Waals surface area contributed by atoms with Gasteiger partial charge in [-0.1, -0.05) is 0 Å². The lowest BCUT2D eigenvalue weighted by Crippen LogP contribution is -2.09. The summed E-state index contributed by atoms with van der Waals surface area (Å²) in [6.45, 7) is 4.79. The number of aryl methyl sites for hydroxylation is 1. The van der Waals surface area contributed by atoms with Gasteiger partial charge in [-0.3, -0.25) is 14.3 Å². The van der Waals surface area contributed by atoms with Crippen LogP contribution in [0.15, 0.2) is 24.5 Å². The lowest BCUT2D eigenvalue weighted by molar-refractivity contribution is -0.117. The van der Waals surface area contributed by atoms with Crippen LogP contribution < -0.4 is 5.73 Å². The first-order chi connectivity index (χ1) is 11.4. The number of Topliss-reactive ketones (excluding diaryl/α,β-unsaturated/α-hetero) is 2. The molecule has 122 valence electrons. The highest BCUT2D eigenvalue weighted by Gasteiger charge is 2.18. The molecule has 2 aromatic heterocycles. The van der Waals surface area contributed by atoms with E-state index in [2.05, 4.69) is 15.1 Å². The number of hydrogen-bond acceptors (Lipinski definition) is 6. The number of ketones is 2. The molecule has 3 aromatic rings. The first-order valence-corrected chi connectivity index (χ1v) is 7.46. The van der Waals surface area contributed by atoms with Crippen molar-refractivity contribution in [3.8, 4) is 11.1 Å². The molecule has 2 heterocycles. The van der Waals surface area contributed by atoms with Gasteiger partial charge in [0.25, 0.3) is 0 Å². The number of fused-ring (bicyclic) bond motifs is 1. The van der Waals surface area contributed by atoms with Crippen molar-refractivity contribution in [2.24, 2.45) is 0 Å². The third-order valence-electron chi connectivity index (χ3n) is 3.69. The van der Waals surface area contributed by atoms with E-state index in [4.69, 9.17) is 5.73 Å². The number of rotatable bonds is 4. The molecule has 0 unspecified atom stereocenters. The summed E-state index contributed by atoms with van der Waals surface area (Å²) in [6.07, 6.45) is 3.41. The second-order valence-corrected chi connectivity index (χ2v) is 5.75. The molecule has 0 saturated carbocycles. The fourth-order valence-electron chi connectivity index (χ4n) is 2.64. The highest BCUT2D eigenvalue weighted by molar-refractivity contribution is 6.09. The Morgan fingerprint density at radius 1 is 1.12 bits per heavy atom. The average Bonchev–Trinajstić information content (AvgIpc) is 2.86. The van der Waals surface area contributed by atoms with E-state index in [9.17, 15) is 9.59 Å². The molecule has 3 rings (SSSR count). The number of nitrogens with two attached hydrogens (primary N) is 1. The first kappa shape index (κ1) is 15.8. The van der Waals surface area contributed by atoms with Crippen molar-refractivity contribution in [3.05, 3.63) is 36.0 Å². The standard InChI is InChI=1S/C17H17N5O2/c1-9(23)8-22-17-14(16(21-22)10(2)24)4-12(5-15(17)18)13-6-19-11(3)20-7-13/h4-7H,8,18H2,1-3H3. The minimum atomic E-state index is -0.181. The number of nitrogens with zero attached hydrogens (tertiary/aromatic N) is 4. The molecule has 0 bridgehead atoms. The van der Waals surface area contributed by atoms with Gasteiger partial charge in [0, 0.05) is 30.3 Å². The van der Waals surface area contributed by atoms with Crippen LogP contribution in [0.25, 0.3) is 22.0 Å². The smallest absolute Gasteiger partial charge is 0.180 e. The van der Waals surface area contributed by atoms with Crippen LogP contribution in [0.5, 0.6) is 0 Å². The molecule has 0 aliphatic heterocycles. The van der Waals surface area contributed by atoms with Gasteiger partial charge in [-0.2, -0.15) is 5.10 Å². The Bertz CT molecular complexity index is 957. The maximum Gasteiger partial charge on any atom is 0.180 e. The number of nitrogen functional groups attached to an aromatic ring is 1. The highest BCUT2D eigenvalue weighted by Crippen LogP contribution is 2.31. The summed E-state index contributed by atoms with van der Waals surface area (Å²) in [5.41, 5.74) is 9.12. The maximum absolute atomic E-state index is 11.9. The van der Waals surface area contributed by atoms with Crippen molar-refractivity contribution in [3.63, 3.8) is 0 Å².